The maximum atomic E-state index is 12.0. The number of hydrogen-bond acceptors (Lipinski definition) is 4. The Bertz CT molecular complexity index is 631. The minimum absolute atomic E-state index is 0.0424. The van der Waals surface area contributed by atoms with Crippen LogP contribution in [-0.4, -0.2) is 10.00 Å². The van der Waals surface area contributed by atoms with Gasteiger partial charge < -0.3 is 14.2 Å². The molecule has 0 spiro atoms. The molecule has 5 nitrogen and oxygen atoms in total. The molecule has 2 aromatic rings. The number of phenolic OH excluding ortho intramolecular Hbond substituents is 1. The second-order valence-electron chi connectivity index (χ2n) is 4.37. The minimum atomic E-state index is -4.29. The second-order valence-corrected chi connectivity index (χ2v) is 5.67. The molecule has 0 aliphatic carbocycles. The Morgan fingerprint density at radius 2 is 1.50 bits per heavy atom. The number of phosphoric acid groups is 1. The average molecular weight is 294 g/mol. The van der Waals surface area contributed by atoms with Crippen LogP contribution in [0, 0.1) is 13.8 Å². The maximum absolute atomic E-state index is 12.0. The van der Waals surface area contributed by atoms with Crippen molar-refractivity contribution in [3.63, 3.8) is 0 Å². The van der Waals surface area contributed by atoms with Gasteiger partial charge in [-0.05, 0) is 49.2 Å². The summed E-state index contributed by atoms with van der Waals surface area (Å²) in [6, 6.07) is 10.9. The summed E-state index contributed by atoms with van der Waals surface area (Å²) in [5.41, 5.74) is 1.49. The van der Waals surface area contributed by atoms with E-state index >= 15 is 0 Å². The molecule has 2 aromatic carbocycles. The van der Waals surface area contributed by atoms with E-state index in [1.54, 1.807) is 26.0 Å². The lowest BCUT2D eigenvalue weighted by Gasteiger charge is -2.16. The van der Waals surface area contributed by atoms with Gasteiger partial charge in [-0.15, -0.1) is 0 Å². The predicted molar refractivity (Wildman–Crippen MR) is 75.1 cm³/mol. The maximum Gasteiger partial charge on any atom is 0.584 e. The van der Waals surface area contributed by atoms with Crippen molar-refractivity contribution in [2.45, 2.75) is 13.8 Å². The van der Waals surface area contributed by atoms with Gasteiger partial charge in [0.05, 0.1) is 0 Å². The number of benzene rings is 2. The second kappa shape index (κ2) is 5.57. The van der Waals surface area contributed by atoms with Crippen molar-refractivity contribution < 1.29 is 23.6 Å². The van der Waals surface area contributed by atoms with Crippen LogP contribution in [0.1, 0.15) is 11.1 Å². The highest BCUT2D eigenvalue weighted by atomic mass is 31.2. The van der Waals surface area contributed by atoms with Gasteiger partial charge in [0.25, 0.3) is 0 Å². The summed E-state index contributed by atoms with van der Waals surface area (Å²) in [6.07, 6.45) is 0. The first-order valence-electron chi connectivity index (χ1n) is 5.94. The van der Waals surface area contributed by atoms with E-state index < -0.39 is 7.82 Å². The molecule has 0 fully saturated rings. The highest BCUT2D eigenvalue weighted by Crippen LogP contribution is 2.46. The number of aryl methyl sites for hydroxylation is 2. The number of rotatable bonds is 4. The standard InChI is InChI=1S/C14H15O5P/c1-10-4-3-5-11(2)14(10)19-20(16,17)18-13-8-6-12(15)7-9-13/h3-9,15H,1-2H3,(H,16,17). The lowest BCUT2D eigenvalue weighted by molar-refractivity contribution is 0.289. The first-order chi connectivity index (χ1) is 9.37. The van der Waals surface area contributed by atoms with Gasteiger partial charge in [0.1, 0.15) is 17.2 Å². The van der Waals surface area contributed by atoms with E-state index in [-0.39, 0.29) is 11.5 Å². The molecule has 2 N–H and O–H groups in total. The van der Waals surface area contributed by atoms with Gasteiger partial charge in [0, 0.05) is 0 Å². The number of phenols is 1. The van der Waals surface area contributed by atoms with Gasteiger partial charge in [0.15, 0.2) is 0 Å². The number of para-hydroxylation sites is 1. The molecule has 0 bridgehead atoms. The zero-order valence-electron chi connectivity index (χ0n) is 11.1. The summed E-state index contributed by atoms with van der Waals surface area (Å²) in [4.78, 5) is 9.79. The van der Waals surface area contributed by atoms with Crippen LogP contribution in [0.5, 0.6) is 17.2 Å². The molecule has 1 unspecified atom stereocenters. The molecule has 20 heavy (non-hydrogen) atoms. The smallest absolute Gasteiger partial charge is 0.508 e. The molecular weight excluding hydrogens is 279 g/mol. The van der Waals surface area contributed by atoms with E-state index in [1.807, 2.05) is 6.07 Å². The molecule has 0 heterocycles. The molecule has 0 amide bonds. The van der Waals surface area contributed by atoms with Crippen molar-refractivity contribution in [2.75, 3.05) is 0 Å². The Morgan fingerprint density at radius 1 is 0.950 bits per heavy atom. The van der Waals surface area contributed by atoms with E-state index in [9.17, 15) is 9.46 Å². The SMILES string of the molecule is Cc1cccc(C)c1OP(=O)(O)Oc1ccc(O)cc1. The Morgan fingerprint density at radius 3 is 2.05 bits per heavy atom. The topological polar surface area (TPSA) is 76.0 Å². The van der Waals surface area contributed by atoms with Crippen LogP contribution >= 0.6 is 7.82 Å². The molecule has 0 radical (unpaired) electrons. The average Bonchev–Trinajstić information content (AvgIpc) is 2.37. The third-order valence-corrected chi connectivity index (χ3v) is 3.53. The molecule has 106 valence electrons. The molecule has 2 rings (SSSR count). The van der Waals surface area contributed by atoms with Crippen molar-refractivity contribution in [3.8, 4) is 17.2 Å². The molecule has 0 aliphatic rings. The molecule has 0 aromatic heterocycles. The van der Waals surface area contributed by atoms with Crippen LogP contribution < -0.4 is 9.05 Å². The normalized spacial score (nSPS) is 13.6. The Hall–Kier alpha value is -1.97. The van der Waals surface area contributed by atoms with Gasteiger partial charge in [0.2, 0.25) is 0 Å². The van der Waals surface area contributed by atoms with Crippen molar-refractivity contribution in [3.05, 3.63) is 53.6 Å². The highest BCUT2D eigenvalue weighted by molar-refractivity contribution is 7.48. The summed E-state index contributed by atoms with van der Waals surface area (Å²) in [5, 5.41) is 9.14. The fraction of sp³-hybridized carbons (Fsp3) is 0.143. The summed E-state index contributed by atoms with van der Waals surface area (Å²) in [7, 11) is -4.29. The molecule has 1 atom stereocenters. The Kier molecular flexibility index (Phi) is 4.02. The van der Waals surface area contributed by atoms with Crippen LogP contribution in [-0.2, 0) is 4.57 Å². The zero-order valence-corrected chi connectivity index (χ0v) is 12.0. The molecule has 0 aliphatic heterocycles. The first-order valence-corrected chi connectivity index (χ1v) is 7.44. The number of aromatic hydroxyl groups is 1. The fourth-order valence-electron chi connectivity index (χ4n) is 1.72. The van der Waals surface area contributed by atoms with Crippen molar-refractivity contribution >= 4 is 7.82 Å². The summed E-state index contributed by atoms with van der Waals surface area (Å²) < 4.78 is 22.1. The van der Waals surface area contributed by atoms with Crippen LogP contribution in [0.4, 0.5) is 0 Å². The molecular formula is C14H15O5P. The summed E-state index contributed by atoms with van der Waals surface area (Å²) >= 11 is 0. The number of phosphoric ester groups is 1. The lowest BCUT2D eigenvalue weighted by atomic mass is 10.1. The summed E-state index contributed by atoms with van der Waals surface area (Å²) in [6.45, 7) is 3.56. The van der Waals surface area contributed by atoms with E-state index in [4.69, 9.17) is 14.2 Å². The van der Waals surface area contributed by atoms with Gasteiger partial charge in [-0.1, -0.05) is 18.2 Å². The van der Waals surface area contributed by atoms with E-state index in [0.717, 1.165) is 11.1 Å². The van der Waals surface area contributed by atoms with Crippen LogP contribution in [0.15, 0.2) is 42.5 Å². The number of hydrogen-bond donors (Lipinski definition) is 2. The van der Waals surface area contributed by atoms with E-state index in [2.05, 4.69) is 0 Å². The third kappa shape index (κ3) is 3.53. The Labute approximate surface area is 117 Å². The largest absolute Gasteiger partial charge is 0.584 e. The molecule has 6 heteroatoms. The predicted octanol–water partition coefficient (Wildman–Crippen LogP) is 3.57. The van der Waals surface area contributed by atoms with Crippen LogP contribution in [0.25, 0.3) is 0 Å². The monoisotopic (exact) mass is 294 g/mol. The van der Waals surface area contributed by atoms with Crippen molar-refractivity contribution in [1.29, 1.82) is 0 Å². The van der Waals surface area contributed by atoms with Gasteiger partial charge in [-0.3, -0.25) is 4.89 Å². The lowest BCUT2D eigenvalue weighted by Crippen LogP contribution is -2.02. The zero-order chi connectivity index (χ0) is 14.8. The highest BCUT2D eigenvalue weighted by Gasteiger charge is 2.26. The molecule has 0 saturated heterocycles. The fourth-order valence-corrected chi connectivity index (χ4v) is 2.66. The third-order valence-electron chi connectivity index (χ3n) is 2.67. The van der Waals surface area contributed by atoms with Crippen LogP contribution in [0.2, 0.25) is 0 Å². The van der Waals surface area contributed by atoms with Crippen molar-refractivity contribution in [2.24, 2.45) is 0 Å². The van der Waals surface area contributed by atoms with Crippen LogP contribution in [0.3, 0.4) is 0 Å². The Balaban J connectivity index is 2.19. The minimum Gasteiger partial charge on any atom is -0.508 e. The van der Waals surface area contributed by atoms with Crippen molar-refractivity contribution in [1.82, 2.24) is 0 Å². The molecule has 0 saturated carbocycles. The van der Waals surface area contributed by atoms with Gasteiger partial charge in [-0.25, -0.2) is 4.57 Å². The van der Waals surface area contributed by atoms with E-state index in [1.165, 1.54) is 24.3 Å². The van der Waals surface area contributed by atoms with Gasteiger partial charge >= 0.3 is 7.82 Å². The quantitative estimate of drug-likeness (QED) is 0.843. The summed E-state index contributed by atoms with van der Waals surface area (Å²) in [5.74, 6) is 0.512. The first kappa shape index (κ1) is 14.4. The van der Waals surface area contributed by atoms with E-state index in [0.29, 0.717) is 5.75 Å². The van der Waals surface area contributed by atoms with Gasteiger partial charge in [-0.2, -0.15) is 0 Å².